The van der Waals surface area contributed by atoms with Crippen LogP contribution in [0.3, 0.4) is 0 Å². The van der Waals surface area contributed by atoms with Crippen molar-refractivity contribution in [3.63, 3.8) is 0 Å². The maximum absolute atomic E-state index is 5.54. The van der Waals surface area contributed by atoms with E-state index in [1.807, 2.05) is 20.8 Å². The van der Waals surface area contributed by atoms with Crippen LogP contribution in [-0.2, 0) is 6.54 Å². The fraction of sp³-hybridized carbons (Fsp3) is 0.364. The van der Waals surface area contributed by atoms with Gasteiger partial charge in [-0.15, -0.1) is 0 Å². The highest BCUT2D eigenvalue weighted by Crippen LogP contribution is 2.16. The van der Waals surface area contributed by atoms with Crippen LogP contribution in [-0.4, -0.2) is 15.1 Å². The predicted molar refractivity (Wildman–Crippen MR) is 64.5 cm³/mol. The van der Waals surface area contributed by atoms with Crippen molar-refractivity contribution in [2.24, 2.45) is 0 Å². The Morgan fingerprint density at radius 2 is 2.12 bits per heavy atom. The van der Waals surface area contributed by atoms with Crippen molar-refractivity contribution in [3.05, 3.63) is 28.8 Å². The highest BCUT2D eigenvalue weighted by atomic mass is 16.5. The van der Waals surface area contributed by atoms with Gasteiger partial charge in [0.15, 0.2) is 0 Å². The van der Waals surface area contributed by atoms with Crippen molar-refractivity contribution >= 4 is 11.8 Å². The third-order valence-electron chi connectivity index (χ3n) is 2.60. The van der Waals surface area contributed by atoms with Crippen LogP contribution in [0.25, 0.3) is 0 Å². The van der Waals surface area contributed by atoms with Crippen LogP contribution in [0.1, 0.15) is 22.6 Å². The van der Waals surface area contributed by atoms with Gasteiger partial charge in [0, 0.05) is 23.9 Å². The number of anilines is 2. The van der Waals surface area contributed by atoms with Crippen molar-refractivity contribution < 1.29 is 4.52 Å². The van der Waals surface area contributed by atoms with E-state index >= 15 is 0 Å². The molecule has 0 unspecified atom stereocenters. The standard InChI is InChI=1S/C11H15N5O/c1-6-4-14-11(12)15-10(6)13-5-9-7(2)16-17-8(9)3/h4H,5H2,1-3H3,(H3,12,13,14,15). The quantitative estimate of drug-likeness (QED) is 0.836. The fourth-order valence-corrected chi connectivity index (χ4v) is 1.56. The lowest BCUT2D eigenvalue weighted by atomic mass is 10.2. The summed E-state index contributed by atoms with van der Waals surface area (Å²) < 4.78 is 5.09. The van der Waals surface area contributed by atoms with Crippen LogP contribution in [0.2, 0.25) is 0 Å². The lowest BCUT2D eigenvalue weighted by Crippen LogP contribution is -2.07. The predicted octanol–water partition coefficient (Wildman–Crippen LogP) is 1.58. The van der Waals surface area contributed by atoms with E-state index in [4.69, 9.17) is 10.3 Å². The van der Waals surface area contributed by atoms with E-state index in [9.17, 15) is 0 Å². The molecule has 0 aliphatic carbocycles. The van der Waals surface area contributed by atoms with Gasteiger partial charge in [-0.05, 0) is 20.8 Å². The van der Waals surface area contributed by atoms with Crippen LogP contribution >= 0.6 is 0 Å². The Bertz CT molecular complexity index is 515. The van der Waals surface area contributed by atoms with Crippen molar-refractivity contribution in [1.82, 2.24) is 15.1 Å². The molecule has 0 saturated heterocycles. The summed E-state index contributed by atoms with van der Waals surface area (Å²) in [5, 5.41) is 7.10. The van der Waals surface area contributed by atoms with E-state index in [2.05, 4.69) is 20.4 Å². The Hall–Kier alpha value is -2.11. The zero-order valence-corrected chi connectivity index (χ0v) is 10.1. The minimum absolute atomic E-state index is 0.261. The van der Waals surface area contributed by atoms with Crippen molar-refractivity contribution in [2.45, 2.75) is 27.3 Å². The average Bonchev–Trinajstić information content (AvgIpc) is 2.61. The van der Waals surface area contributed by atoms with Gasteiger partial charge in [0.1, 0.15) is 11.6 Å². The Labute approximate surface area is 99.2 Å². The Kier molecular flexibility index (Phi) is 2.95. The van der Waals surface area contributed by atoms with Gasteiger partial charge < -0.3 is 15.6 Å². The zero-order chi connectivity index (χ0) is 12.4. The van der Waals surface area contributed by atoms with Crippen LogP contribution in [0.5, 0.6) is 0 Å². The van der Waals surface area contributed by atoms with E-state index in [1.54, 1.807) is 6.20 Å². The zero-order valence-electron chi connectivity index (χ0n) is 10.1. The number of hydrogen-bond donors (Lipinski definition) is 2. The number of nitrogens with zero attached hydrogens (tertiary/aromatic N) is 3. The lowest BCUT2D eigenvalue weighted by Gasteiger charge is -2.08. The summed E-state index contributed by atoms with van der Waals surface area (Å²) in [5.74, 6) is 1.81. The first kappa shape index (κ1) is 11.4. The first-order chi connectivity index (χ1) is 8.08. The lowest BCUT2D eigenvalue weighted by molar-refractivity contribution is 0.392. The van der Waals surface area contributed by atoms with Gasteiger partial charge in [-0.2, -0.15) is 4.98 Å². The second-order valence-corrected chi connectivity index (χ2v) is 3.92. The first-order valence-corrected chi connectivity index (χ1v) is 5.32. The molecule has 6 heteroatoms. The van der Waals surface area contributed by atoms with Crippen molar-refractivity contribution in [2.75, 3.05) is 11.1 Å². The summed E-state index contributed by atoms with van der Waals surface area (Å²) in [6.07, 6.45) is 1.69. The second-order valence-electron chi connectivity index (χ2n) is 3.92. The highest BCUT2D eigenvalue weighted by Gasteiger charge is 2.09. The maximum Gasteiger partial charge on any atom is 0.221 e. The molecular formula is C11H15N5O. The van der Waals surface area contributed by atoms with E-state index in [1.165, 1.54) is 0 Å². The number of nitrogens with two attached hydrogens (primary N) is 1. The summed E-state index contributed by atoms with van der Waals surface area (Å²) in [6.45, 7) is 6.33. The number of rotatable bonds is 3. The number of hydrogen-bond acceptors (Lipinski definition) is 6. The van der Waals surface area contributed by atoms with Crippen LogP contribution in [0.4, 0.5) is 11.8 Å². The normalized spacial score (nSPS) is 10.5. The van der Waals surface area contributed by atoms with Gasteiger partial charge in [0.2, 0.25) is 5.95 Å². The molecule has 6 nitrogen and oxygen atoms in total. The minimum atomic E-state index is 0.261. The summed E-state index contributed by atoms with van der Waals surface area (Å²) in [4.78, 5) is 8.05. The Morgan fingerprint density at radius 1 is 1.35 bits per heavy atom. The van der Waals surface area contributed by atoms with Crippen LogP contribution < -0.4 is 11.1 Å². The molecule has 2 rings (SSSR count). The molecular weight excluding hydrogens is 218 g/mol. The molecule has 0 spiro atoms. The molecule has 0 fully saturated rings. The topological polar surface area (TPSA) is 89.9 Å². The number of aromatic nitrogens is 3. The molecule has 3 N–H and O–H groups in total. The second kappa shape index (κ2) is 4.40. The van der Waals surface area contributed by atoms with E-state index < -0.39 is 0 Å². The highest BCUT2D eigenvalue weighted by molar-refractivity contribution is 5.45. The van der Waals surface area contributed by atoms with Crippen LogP contribution in [0, 0.1) is 20.8 Å². The van der Waals surface area contributed by atoms with Gasteiger partial charge in [0.25, 0.3) is 0 Å². The molecule has 17 heavy (non-hydrogen) atoms. The molecule has 2 aromatic rings. The van der Waals surface area contributed by atoms with Gasteiger partial charge in [-0.1, -0.05) is 5.16 Å². The fourth-order valence-electron chi connectivity index (χ4n) is 1.56. The molecule has 2 heterocycles. The van der Waals surface area contributed by atoms with Crippen molar-refractivity contribution in [3.8, 4) is 0 Å². The molecule has 0 aliphatic heterocycles. The van der Waals surface area contributed by atoms with Crippen LogP contribution in [0.15, 0.2) is 10.7 Å². The Balaban J connectivity index is 2.15. The molecule has 0 bridgehead atoms. The SMILES string of the molecule is Cc1cnc(N)nc1NCc1c(C)noc1C. The summed E-state index contributed by atoms with van der Waals surface area (Å²) in [6, 6.07) is 0. The summed E-state index contributed by atoms with van der Waals surface area (Å²) >= 11 is 0. The Morgan fingerprint density at radius 3 is 2.76 bits per heavy atom. The van der Waals surface area contributed by atoms with Gasteiger partial charge in [-0.25, -0.2) is 4.98 Å². The molecule has 0 atom stereocenters. The first-order valence-electron chi connectivity index (χ1n) is 5.32. The van der Waals surface area contributed by atoms with Gasteiger partial charge in [-0.3, -0.25) is 0 Å². The van der Waals surface area contributed by atoms with E-state index in [-0.39, 0.29) is 5.95 Å². The van der Waals surface area contributed by atoms with Gasteiger partial charge >= 0.3 is 0 Å². The van der Waals surface area contributed by atoms with Crippen molar-refractivity contribution in [1.29, 1.82) is 0 Å². The smallest absolute Gasteiger partial charge is 0.221 e. The number of nitrogen functional groups attached to an aromatic ring is 1. The molecule has 0 amide bonds. The van der Waals surface area contributed by atoms with E-state index in [0.717, 1.165) is 28.4 Å². The number of aryl methyl sites for hydroxylation is 3. The molecule has 0 saturated carbocycles. The summed E-state index contributed by atoms with van der Waals surface area (Å²) in [7, 11) is 0. The van der Waals surface area contributed by atoms with Gasteiger partial charge in [0.05, 0.1) is 5.69 Å². The average molecular weight is 233 g/mol. The molecule has 0 radical (unpaired) electrons. The number of nitrogens with one attached hydrogen (secondary N) is 1. The minimum Gasteiger partial charge on any atom is -0.368 e. The van der Waals surface area contributed by atoms with E-state index in [0.29, 0.717) is 6.54 Å². The maximum atomic E-state index is 5.54. The molecule has 0 aliphatic rings. The molecule has 90 valence electrons. The monoisotopic (exact) mass is 233 g/mol. The summed E-state index contributed by atoms with van der Waals surface area (Å²) in [5.41, 5.74) is 8.42. The third-order valence-corrected chi connectivity index (χ3v) is 2.60. The third kappa shape index (κ3) is 2.35. The molecule has 2 aromatic heterocycles. The molecule has 0 aromatic carbocycles. The largest absolute Gasteiger partial charge is 0.368 e.